The van der Waals surface area contributed by atoms with Gasteiger partial charge < -0.3 is 4.90 Å². The Kier molecular flexibility index (Phi) is 9.62. The van der Waals surface area contributed by atoms with Gasteiger partial charge in [0.2, 0.25) is 0 Å². The van der Waals surface area contributed by atoms with E-state index in [2.05, 4.69) is 72.9 Å². The van der Waals surface area contributed by atoms with E-state index >= 15 is 0 Å². The number of hydrogen-bond acceptors (Lipinski definition) is 1. The summed E-state index contributed by atoms with van der Waals surface area (Å²) in [5.41, 5.74) is 0.819. The fourth-order valence-corrected chi connectivity index (χ4v) is 3.73. The zero-order valence-electron chi connectivity index (χ0n) is 16.2. The molecular weight excluding hydrogens is 306 g/mol. The molecule has 0 amide bonds. The first-order valence-electron chi connectivity index (χ1n) is 8.78. The van der Waals surface area contributed by atoms with Gasteiger partial charge in [-0.25, -0.2) is 0 Å². The van der Waals surface area contributed by atoms with Crippen molar-refractivity contribution < 1.29 is 0 Å². The molecule has 22 heavy (non-hydrogen) atoms. The van der Waals surface area contributed by atoms with Gasteiger partial charge in [-0.05, 0) is 48.3 Å². The molecule has 0 aromatic rings. The molecule has 0 spiro atoms. The van der Waals surface area contributed by atoms with Gasteiger partial charge in [0.05, 0.1) is 0 Å². The minimum atomic E-state index is 0.410. The average molecular weight is 346 g/mol. The molecule has 0 aliphatic rings. The van der Waals surface area contributed by atoms with Crippen molar-refractivity contribution in [2.24, 2.45) is 22.7 Å². The predicted molar refractivity (Wildman–Crippen MR) is 109 cm³/mol. The number of thiocarbonyl (C=S) groups is 1. The molecule has 0 N–H and O–H groups in total. The Labute approximate surface area is 151 Å². The molecule has 0 fully saturated rings. The highest BCUT2D eigenvalue weighted by Crippen LogP contribution is 2.27. The van der Waals surface area contributed by atoms with Crippen LogP contribution in [0, 0.1) is 22.7 Å². The average Bonchev–Trinajstić information content (AvgIpc) is 2.23. The van der Waals surface area contributed by atoms with E-state index in [4.69, 9.17) is 12.2 Å². The van der Waals surface area contributed by atoms with Crippen LogP contribution in [0.2, 0.25) is 0 Å². The highest BCUT2D eigenvalue weighted by molar-refractivity contribution is 8.10. The van der Waals surface area contributed by atoms with Crippen LogP contribution >= 0.6 is 24.8 Å². The Morgan fingerprint density at radius 1 is 0.864 bits per heavy atom. The van der Waals surface area contributed by atoms with E-state index in [0.29, 0.717) is 10.8 Å². The topological polar surface area (TPSA) is 3.24 Å². The summed E-state index contributed by atoms with van der Waals surface area (Å²) in [5, 5.41) is 0. The van der Waals surface area contributed by atoms with Gasteiger partial charge in [-0.1, -0.05) is 67.6 Å². The van der Waals surface area contributed by atoms with E-state index in [-0.39, 0.29) is 0 Å². The molecule has 2 atom stereocenters. The number of hydrogen-bond donors (Lipinski definition) is 1. The molecule has 132 valence electrons. The SMILES string of the molecule is CC(CCN(CCC(C)CC(C)(C)C)C(=S)S)CC(C)(C)C. The van der Waals surface area contributed by atoms with Crippen molar-refractivity contribution in [3.05, 3.63) is 0 Å². The van der Waals surface area contributed by atoms with Crippen LogP contribution in [0.1, 0.15) is 81.1 Å². The second-order valence-corrected chi connectivity index (χ2v) is 10.7. The van der Waals surface area contributed by atoms with E-state index in [1.807, 2.05) is 0 Å². The van der Waals surface area contributed by atoms with Gasteiger partial charge in [0.25, 0.3) is 0 Å². The number of thiol groups is 1. The summed E-state index contributed by atoms with van der Waals surface area (Å²) in [4.78, 5) is 2.29. The maximum Gasteiger partial charge on any atom is 0.133 e. The second kappa shape index (κ2) is 9.52. The van der Waals surface area contributed by atoms with E-state index in [9.17, 15) is 0 Å². The molecule has 0 bridgehead atoms. The lowest BCUT2D eigenvalue weighted by molar-refractivity contribution is 0.258. The predicted octanol–water partition coefficient (Wildman–Crippen LogP) is 6.43. The van der Waals surface area contributed by atoms with Crippen molar-refractivity contribution in [2.75, 3.05) is 13.1 Å². The summed E-state index contributed by atoms with van der Waals surface area (Å²) < 4.78 is 0.755. The minimum absolute atomic E-state index is 0.410. The van der Waals surface area contributed by atoms with Crippen molar-refractivity contribution in [1.82, 2.24) is 4.90 Å². The van der Waals surface area contributed by atoms with Gasteiger partial charge in [-0.15, -0.1) is 12.6 Å². The summed E-state index contributed by atoms with van der Waals surface area (Å²) >= 11 is 9.76. The Morgan fingerprint density at radius 3 is 1.41 bits per heavy atom. The lowest BCUT2D eigenvalue weighted by Crippen LogP contribution is -2.31. The van der Waals surface area contributed by atoms with E-state index in [0.717, 1.165) is 29.2 Å². The molecule has 3 heteroatoms. The molecular formula is C19H39NS2. The van der Waals surface area contributed by atoms with Crippen molar-refractivity contribution >= 4 is 29.2 Å². The van der Waals surface area contributed by atoms with Crippen LogP contribution in [0.25, 0.3) is 0 Å². The summed E-state index contributed by atoms with van der Waals surface area (Å²) in [7, 11) is 0. The third kappa shape index (κ3) is 12.8. The molecule has 0 saturated heterocycles. The van der Waals surface area contributed by atoms with Crippen LogP contribution in [-0.2, 0) is 0 Å². The van der Waals surface area contributed by atoms with Crippen molar-refractivity contribution in [3.8, 4) is 0 Å². The molecule has 0 aliphatic carbocycles. The Hall–Kier alpha value is 0.240. The minimum Gasteiger partial charge on any atom is -0.358 e. The van der Waals surface area contributed by atoms with E-state index in [1.165, 1.54) is 25.7 Å². The largest absolute Gasteiger partial charge is 0.358 e. The number of rotatable bonds is 8. The first kappa shape index (κ1) is 22.2. The summed E-state index contributed by atoms with van der Waals surface area (Å²) in [6, 6.07) is 0. The van der Waals surface area contributed by atoms with Crippen LogP contribution < -0.4 is 0 Å². The first-order valence-corrected chi connectivity index (χ1v) is 9.63. The molecule has 2 unspecified atom stereocenters. The zero-order chi connectivity index (χ0) is 17.6. The molecule has 0 aromatic heterocycles. The smallest absolute Gasteiger partial charge is 0.133 e. The molecule has 0 rings (SSSR count). The van der Waals surface area contributed by atoms with Crippen molar-refractivity contribution in [2.45, 2.75) is 81.1 Å². The third-order valence-corrected chi connectivity index (χ3v) is 4.52. The van der Waals surface area contributed by atoms with Gasteiger partial charge in [0.15, 0.2) is 0 Å². The fourth-order valence-electron chi connectivity index (χ4n) is 3.35. The maximum atomic E-state index is 5.33. The summed E-state index contributed by atoms with van der Waals surface area (Å²) in [6.07, 6.45) is 4.93. The van der Waals surface area contributed by atoms with Gasteiger partial charge in [0.1, 0.15) is 4.32 Å². The first-order chi connectivity index (χ1) is 9.80. The summed E-state index contributed by atoms with van der Waals surface area (Å²) in [6.45, 7) is 20.7. The zero-order valence-corrected chi connectivity index (χ0v) is 17.9. The second-order valence-electron chi connectivity index (χ2n) is 9.59. The van der Waals surface area contributed by atoms with Crippen LogP contribution in [0.15, 0.2) is 0 Å². The molecule has 1 nitrogen and oxygen atoms in total. The quantitative estimate of drug-likeness (QED) is 0.399. The van der Waals surface area contributed by atoms with Crippen molar-refractivity contribution in [3.63, 3.8) is 0 Å². The summed E-state index contributed by atoms with van der Waals surface area (Å²) in [5.74, 6) is 1.47. The van der Waals surface area contributed by atoms with Gasteiger partial charge in [-0.3, -0.25) is 0 Å². The monoisotopic (exact) mass is 345 g/mol. The van der Waals surface area contributed by atoms with Crippen LogP contribution in [0.4, 0.5) is 0 Å². The van der Waals surface area contributed by atoms with Gasteiger partial charge in [-0.2, -0.15) is 0 Å². The molecule has 0 saturated carbocycles. The fraction of sp³-hybridized carbons (Fsp3) is 0.947. The van der Waals surface area contributed by atoms with E-state index in [1.54, 1.807) is 0 Å². The lowest BCUT2D eigenvalue weighted by atomic mass is 9.84. The highest BCUT2D eigenvalue weighted by Gasteiger charge is 2.18. The normalized spacial score (nSPS) is 15.5. The van der Waals surface area contributed by atoms with Crippen molar-refractivity contribution in [1.29, 1.82) is 0 Å². The molecule has 0 aliphatic heterocycles. The molecule has 0 radical (unpaired) electrons. The van der Waals surface area contributed by atoms with Gasteiger partial charge in [0, 0.05) is 13.1 Å². The molecule has 0 heterocycles. The van der Waals surface area contributed by atoms with Crippen LogP contribution in [0.5, 0.6) is 0 Å². The maximum absolute atomic E-state index is 5.33. The lowest BCUT2D eigenvalue weighted by Gasteiger charge is -2.29. The van der Waals surface area contributed by atoms with E-state index < -0.39 is 0 Å². The van der Waals surface area contributed by atoms with Crippen LogP contribution in [-0.4, -0.2) is 22.3 Å². The van der Waals surface area contributed by atoms with Crippen LogP contribution in [0.3, 0.4) is 0 Å². The highest BCUT2D eigenvalue weighted by atomic mass is 32.1. The Balaban J connectivity index is 4.25. The Morgan fingerprint density at radius 2 is 1.18 bits per heavy atom. The van der Waals surface area contributed by atoms with Gasteiger partial charge >= 0.3 is 0 Å². The Bertz CT molecular complexity index is 299. The standard InChI is InChI=1S/C19H39NS2/c1-15(13-18(3,4)5)9-11-20(17(21)22)12-10-16(2)14-19(6,7)8/h15-16H,9-14H2,1-8H3,(H,21,22). The third-order valence-electron chi connectivity index (χ3n) is 3.98. The number of nitrogens with zero attached hydrogens (tertiary/aromatic N) is 1. The molecule has 0 aromatic carbocycles.